The molecule has 5 rings (SSSR count). The Kier molecular flexibility index (Phi) is 7.33. The van der Waals surface area contributed by atoms with Crippen LogP contribution in [0.5, 0.6) is 17.2 Å². The highest BCUT2D eigenvalue weighted by atomic mass is 16.5. The number of para-hydroxylation sites is 1. The van der Waals surface area contributed by atoms with E-state index in [9.17, 15) is 0 Å². The van der Waals surface area contributed by atoms with E-state index in [2.05, 4.69) is 79.4 Å². The maximum Gasteiger partial charge on any atom is 0.131 e. The molecule has 2 aliphatic heterocycles. The fraction of sp³-hybridized carbons (Fsp3) is 0.375. The van der Waals surface area contributed by atoms with E-state index >= 15 is 0 Å². The van der Waals surface area contributed by atoms with Gasteiger partial charge >= 0.3 is 0 Å². The third kappa shape index (κ3) is 5.44. The van der Waals surface area contributed by atoms with Gasteiger partial charge in [-0.3, -0.25) is 4.90 Å². The van der Waals surface area contributed by atoms with Crippen molar-refractivity contribution in [2.75, 3.05) is 33.4 Å². The van der Waals surface area contributed by atoms with Crippen molar-refractivity contribution in [1.29, 1.82) is 0 Å². The van der Waals surface area contributed by atoms with E-state index in [4.69, 9.17) is 14.2 Å². The van der Waals surface area contributed by atoms with Crippen LogP contribution < -0.4 is 14.2 Å². The molecule has 0 saturated carbocycles. The highest BCUT2D eigenvalue weighted by Gasteiger charge is 2.33. The van der Waals surface area contributed by atoms with Gasteiger partial charge < -0.3 is 14.2 Å². The fourth-order valence-electron chi connectivity index (χ4n) is 5.40. The first-order valence-electron chi connectivity index (χ1n) is 13.1. The van der Waals surface area contributed by atoms with Crippen LogP contribution in [0.15, 0.2) is 72.8 Å². The maximum atomic E-state index is 6.48. The van der Waals surface area contributed by atoms with E-state index in [1.807, 2.05) is 12.1 Å². The number of hydrogen-bond acceptors (Lipinski definition) is 4. The monoisotopic (exact) mass is 483 g/mol. The standard InChI is InChI=1S/C32H37NO3/c1-32(2)23-28(26-17-16-25(34-3)22-30(26)36-32)31(24-12-6-4-7-13-24)27-14-8-9-15-29(27)35-21-20-33-18-10-5-11-19-33/h4,6-9,12-17,22H,5,10-11,18-21,23H2,1-3H3/b31-28-. The Morgan fingerprint density at radius 3 is 2.44 bits per heavy atom. The molecule has 2 heterocycles. The fourth-order valence-corrected chi connectivity index (χ4v) is 5.40. The summed E-state index contributed by atoms with van der Waals surface area (Å²) in [6.07, 6.45) is 4.73. The zero-order chi connectivity index (χ0) is 25.0. The number of likely N-dealkylation sites (tertiary alicyclic amines) is 1. The minimum atomic E-state index is -0.348. The quantitative estimate of drug-likeness (QED) is 0.359. The van der Waals surface area contributed by atoms with Crippen molar-refractivity contribution in [2.24, 2.45) is 0 Å². The van der Waals surface area contributed by atoms with Gasteiger partial charge in [0.05, 0.1) is 7.11 Å². The first-order chi connectivity index (χ1) is 17.5. The van der Waals surface area contributed by atoms with Crippen molar-refractivity contribution in [3.63, 3.8) is 0 Å². The number of fused-ring (bicyclic) bond motifs is 1. The zero-order valence-corrected chi connectivity index (χ0v) is 21.8. The third-order valence-electron chi connectivity index (χ3n) is 7.14. The summed E-state index contributed by atoms with van der Waals surface area (Å²) in [5, 5.41) is 0. The number of rotatable bonds is 7. The summed E-state index contributed by atoms with van der Waals surface area (Å²) in [6, 6.07) is 25.3. The SMILES string of the molecule is COc1ccc2c(c1)OC(C)(C)C/C2=C(\c1ccccc1)c1ccccc1OCCN1CCCCC1. The molecule has 0 bridgehead atoms. The van der Waals surface area contributed by atoms with Gasteiger partial charge in [0.15, 0.2) is 0 Å². The molecule has 1 fully saturated rings. The third-order valence-corrected chi connectivity index (χ3v) is 7.14. The first-order valence-corrected chi connectivity index (χ1v) is 13.1. The maximum absolute atomic E-state index is 6.48. The van der Waals surface area contributed by atoms with Gasteiger partial charge in [-0.05, 0) is 74.7 Å². The van der Waals surface area contributed by atoms with Crippen molar-refractivity contribution in [2.45, 2.75) is 45.1 Å². The van der Waals surface area contributed by atoms with Crippen LogP contribution in [0.2, 0.25) is 0 Å². The lowest BCUT2D eigenvalue weighted by atomic mass is 9.81. The zero-order valence-electron chi connectivity index (χ0n) is 21.8. The number of nitrogens with zero attached hydrogens (tertiary/aromatic N) is 1. The molecule has 36 heavy (non-hydrogen) atoms. The van der Waals surface area contributed by atoms with Crippen LogP contribution in [0.4, 0.5) is 0 Å². The van der Waals surface area contributed by atoms with E-state index in [0.29, 0.717) is 6.61 Å². The minimum Gasteiger partial charge on any atom is -0.497 e. The molecule has 0 aliphatic carbocycles. The molecular weight excluding hydrogens is 446 g/mol. The normalized spacial score (nSPS) is 18.6. The van der Waals surface area contributed by atoms with E-state index in [1.165, 1.54) is 49.1 Å². The van der Waals surface area contributed by atoms with Crippen molar-refractivity contribution in [3.05, 3.63) is 89.5 Å². The van der Waals surface area contributed by atoms with Crippen LogP contribution in [0, 0.1) is 0 Å². The van der Waals surface area contributed by atoms with E-state index < -0.39 is 0 Å². The topological polar surface area (TPSA) is 30.9 Å². The first kappa shape index (κ1) is 24.5. The Bertz CT molecular complexity index is 1210. The van der Waals surface area contributed by atoms with Gasteiger partial charge in [-0.25, -0.2) is 0 Å². The van der Waals surface area contributed by atoms with Gasteiger partial charge in [-0.15, -0.1) is 0 Å². The van der Waals surface area contributed by atoms with Crippen molar-refractivity contribution in [1.82, 2.24) is 4.90 Å². The second-order valence-electron chi connectivity index (χ2n) is 10.4. The number of hydrogen-bond donors (Lipinski definition) is 0. The molecule has 0 amide bonds. The van der Waals surface area contributed by atoms with Crippen molar-refractivity contribution in [3.8, 4) is 17.2 Å². The molecule has 4 heteroatoms. The molecule has 188 valence electrons. The minimum absolute atomic E-state index is 0.348. The van der Waals surface area contributed by atoms with Crippen LogP contribution >= 0.6 is 0 Å². The summed E-state index contributed by atoms with van der Waals surface area (Å²) >= 11 is 0. The molecule has 0 N–H and O–H groups in total. The number of ether oxygens (including phenoxy) is 3. The Hall–Kier alpha value is -3.24. The lowest BCUT2D eigenvalue weighted by molar-refractivity contribution is 0.107. The van der Waals surface area contributed by atoms with E-state index in [0.717, 1.165) is 41.3 Å². The Morgan fingerprint density at radius 1 is 0.917 bits per heavy atom. The highest BCUT2D eigenvalue weighted by Crippen LogP contribution is 2.47. The second kappa shape index (κ2) is 10.8. The Labute approximate surface area is 215 Å². The molecule has 1 saturated heterocycles. The molecule has 4 nitrogen and oxygen atoms in total. The predicted molar refractivity (Wildman–Crippen MR) is 147 cm³/mol. The Balaban J connectivity index is 1.59. The van der Waals surface area contributed by atoms with E-state index in [-0.39, 0.29) is 5.60 Å². The highest BCUT2D eigenvalue weighted by molar-refractivity contribution is 6.01. The summed E-state index contributed by atoms with van der Waals surface area (Å²) in [7, 11) is 1.69. The van der Waals surface area contributed by atoms with E-state index in [1.54, 1.807) is 7.11 Å². The largest absolute Gasteiger partial charge is 0.497 e. The van der Waals surface area contributed by atoms with Gasteiger partial charge in [0.25, 0.3) is 0 Å². The molecule has 0 radical (unpaired) electrons. The van der Waals surface area contributed by atoms with Gasteiger partial charge in [0.2, 0.25) is 0 Å². The average Bonchev–Trinajstić information content (AvgIpc) is 2.90. The smallest absolute Gasteiger partial charge is 0.131 e. The van der Waals surface area contributed by atoms with Crippen LogP contribution in [0.25, 0.3) is 11.1 Å². The van der Waals surface area contributed by atoms with Gasteiger partial charge in [-0.2, -0.15) is 0 Å². The average molecular weight is 484 g/mol. The number of benzene rings is 3. The predicted octanol–water partition coefficient (Wildman–Crippen LogP) is 7.08. The summed E-state index contributed by atoms with van der Waals surface area (Å²) in [4.78, 5) is 2.52. The molecule has 0 aromatic heterocycles. The molecule has 0 unspecified atom stereocenters. The summed E-state index contributed by atoms with van der Waals surface area (Å²) in [6.45, 7) is 8.32. The van der Waals surface area contributed by atoms with Gasteiger partial charge in [0.1, 0.15) is 29.5 Å². The van der Waals surface area contributed by atoms with Crippen LogP contribution in [0.3, 0.4) is 0 Å². The molecular formula is C32H37NO3. The number of piperidine rings is 1. The lowest BCUT2D eigenvalue weighted by Gasteiger charge is -2.36. The van der Waals surface area contributed by atoms with Crippen LogP contribution in [-0.2, 0) is 0 Å². The molecule has 3 aromatic carbocycles. The van der Waals surface area contributed by atoms with Crippen LogP contribution in [-0.4, -0.2) is 43.9 Å². The molecule has 0 spiro atoms. The second-order valence-corrected chi connectivity index (χ2v) is 10.4. The van der Waals surface area contributed by atoms with Gasteiger partial charge in [-0.1, -0.05) is 55.0 Å². The number of methoxy groups -OCH3 is 1. The summed E-state index contributed by atoms with van der Waals surface area (Å²) in [5.74, 6) is 2.59. The molecule has 3 aromatic rings. The summed E-state index contributed by atoms with van der Waals surface area (Å²) < 4.78 is 18.4. The van der Waals surface area contributed by atoms with Gasteiger partial charge in [0, 0.05) is 30.2 Å². The van der Waals surface area contributed by atoms with Crippen molar-refractivity contribution >= 4 is 11.1 Å². The molecule has 0 atom stereocenters. The molecule has 2 aliphatic rings. The van der Waals surface area contributed by atoms with Crippen molar-refractivity contribution < 1.29 is 14.2 Å². The Morgan fingerprint density at radius 2 is 1.67 bits per heavy atom. The van der Waals surface area contributed by atoms with Crippen LogP contribution in [0.1, 0.15) is 56.2 Å². The summed E-state index contributed by atoms with van der Waals surface area (Å²) in [5.41, 5.74) is 5.53. The lowest BCUT2D eigenvalue weighted by Crippen LogP contribution is -2.33.